The van der Waals surface area contributed by atoms with Crippen LogP contribution in [-0.2, 0) is 11.3 Å². The first-order chi connectivity index (χ1) is 10.5. The number of carbonyl (C=O) groups is 1. The lowest BCUT2D eigenvalue weighted by atomic mass is 10.1. The lowest BCUT2D eigenvalue weighted by Crippen LogP contribution is -2.10. The van der Waals surface area contributed by atoms with Crippen molar-refractivity contribution < 1.29 is 23.6 Å². The first-order valence-electron chi connectivity index (χ1n) is 6.25. The molecule has 0 aliphatic rings. The van der Waals surface area contributed by atoms with Crippen molar-refractivity contribution in [1.82, 2.24) is 0 Å². The summed E-state index contributed by atoms with van der Waals surface area (Å²) < 4.78 is 23.1. The van der Waals surface area contributed by atoms with Crippen molar-refractivity contribution in [3.8, 4) is 5.75 Å². The quantitative estimate of drug-likeness (QED) is 0.367. The molecule has 2 rings (SSSR count). The van der Waals surface area contributed by atoms with Gasteiger partial charge in [-0.2, -0.15) is 0 Å². The van der Waals surface area contributed by atoms with Gasteiger partial charge in [0.15, 0.2) is 0 Å². The molecule has 0 aliphatic carbocycles. The third kappa shape index (κ3) is 3.64. The molecule has 0 unspecified atom stereocenters. The number of rotatable bonds is 5. The summed E-state index contributed by atoms with van der Waals surface area (Å²) in [6, 6.07) is 9.09. The number of carbonyl (C=O) groups excluding carboxylic acids is 1. The molecule has 0 amide bonds. The molecule has 114 valence electrons. The Morgan fingerprint density at radius 1 is 1.27 bits per heavy atom. The van der Waals surface area contributed by atoms with E-state index in [1.54, 1.807) is 12.1 Å². The van der Waals surface area contributed by atoms with Crippen molar-refractivity contribution in [1.29, 1.82) is 0 Å². The Hall–Kier alpha value is -2.80. The Kier molecular flexibility index (Phi) is 4.80. The van der Waals surface area contributed by atoms with Gasteiger partial charge in [-0.05, 0) is 23.8 Å². The van der Waals surface area contributed by atoms with E-state index in [1.807, 2.05) is 0 Å². The molecule has 0 aliphatic heterocycles. The van der Waals surface area contributed by atoms with E-state index in [-0.39, 0.29) is 5.56 Å². The molecule has 2 aromatic rings. The van der Waals surface area contributed by atoms with Crippen LogP contribution in [0.25, 0.3) is 0 Å². The number of benzene rings is 2. The Morgan fingerprint density at radius 3 is 2.73 bits per heavy atom. The number of esters is 1. The van der Waals surface area contributed by atoms with Crippen LogP contribution in [-0.4, -0.2) is 18.0 Å². The molecule has 6 nitrogen and oxygen atoms in total. The molecule has 0 saturated carbocycles. The molecule has 0 saturated heterocycles. The summed E-state index contributed by atoms with van der Waals surface area (Å²) in [4.78, 5) is 22.2. The minimum atomic E-state index is -0.813. The largest absolute Gasteiger partial charge is 0.415 e. The number of hydrogen-bond acceptors (Lipinski definition) is 5. The predicted octanol–water partition coefficient (Wildman–Crippen LogP) is 3.10. The van der Waals surface area contributed by atoms with Gasteiger partial charge in [-0.1, -0.05) is 12.1 Å². The number of nitrogens with zero attached hydrogens (tertiary/aromatic N) is 1. The van der Waals surface area contributed by atoms with Gasteiger partial charge in [0.1, 0.15) is 5.82 Å². The SMILES string of the molecule is COCc1cccc(C(=O)Oc2cc(F)ccc2[N+](=O)[O-])c1. The van der Waals surface area contributed by atoms with Crippen LogP contribution in [0.15, 0.2) is 42.5 Å². The third-order valence-electron chi connectivity index (χ3n) is 2.79. The lowest BCUT2D eigenvalue weighted by molar-refractivity contribution is -0.385. The first kappa shape index (κ1) is 15.6. The van der Waals surface area contributed by atoms with Gasteiger partial charge in [-0.15, -0.1) is 0 Å². The highest BCUT2D eigenvalue weighted by Crippen LogP contribution is 2.28. The molecule has 7 heteroatoms. The fourth-order valence-corrected chi connectivity index (χ4v) is 1.83. The summed E-state index contributed by atoms with van der Waals surface area (Å²) in [6.07, 6.45) is 0. The van der Waals surface area contributed by atoms with Crippen molar-refractivity contribution >= 4 is 11.7 Å². The van der Waals surface area contributed by atoms with E-state index in [4.69, 9.17) is 9.47 Å². The average Bonchev–Trinajstić information content (AvgIpc) is 2.47. The fourth-order valence-electron chi connectivity index (χ4n) is 1.83. The maximum Gasteiger partial charge on any atom is 0.343 e. The van der Waals surface area contributed by atoms with Crippen molar-refractivity contribution in [3.63, 3.8) is 0 Å². The van der Waals surface area contributed by atoms with Crippen LogP contribution >= 0.6 is 0 Å². The zero-order chi connectivity index (χ0) is 16.1. The van der Waals surface area contributed by atoms with E-state index in [2.05, 4.69) is 0 Å². The monoisotopic (exact) mass is 305 g/mol. The predicted molar refractivity (Wildman–Crippen MR) is 75.2 cm³/mol. The summed E-state index contributed by atoms with van der Waals surface area (Å²) in [5.74, 6) is -1.99. The molecule has 0 N–H and O–H groups in total. The van der Waals surface area contributed by atoms with Crippen LogP contribution < -0.4 is 4.74 Å². The lowest BCUT2D eigenvalue weighted by Gasteiger charge is -2.06. The van der Waals surface area contributed by atoms with E-state index in [0.29, 0.717) is 6.61 Å². The molecule has 0 atom stereocenters. The summed E-state index contributed by atoms with van der Waals surface area (Å²) in [5, 5.41) is 10.9. The molecule has 0 bridgehead atoms. The van der Waals surface area contributed by atoms with Crippen molar-refractivity contribution in [3.05, 3.63) is 69.5 Å². The topological polar surface area (TPSA) is 78.7 Å². The summed E-state index contributed by atoms with van der Waals surface area (Å²) in [6.45, 7) is 0.307. The highest BCUT2D eigenvalue weighted by molar-refractivity contribution is 5.91. The number of nitro groups is 1. The second-order valence-electron chi connectivity index (χ2n) is 4.39. The number of methoxy groups -OCH3 is 1. The van der Waals surface area contributed by atoms with Crippen LogP contribution in [0, 0.1) is 15.9 Å². The molecule has 2 aromatic carbocycles. The summed E-state index contributed by atoms with van der Waals surface area (Å²) >= 11 is 0. The number of hydrogen-bond donors (Lipinski definition) is 0. The maximum atomic E-state index is 13.2. The highest BCUT2D eigenvalue weighted by atomic mass is 19.1. The number of nitro benzene ring substituents is 1. The van der Waals surface area contributed by atoms with E-state index in [0.717, 1.165) is 23.8 Å². The molecular weight excluding hydrogens is 293 g/mol. The second kappa shape index (κ2) is 6.77. The van der Waals surface area contributed by atoms with Crippen LogP contribution in [0.4, 0.5) is 10.1 Å². The third-order valence-corrected chi connectivity index (χ3v) is 2.79. The van der Waals surface area contributed by atoms with Gasteiger partial charge in [0.25, 0.3) is 0 Å². The zero-order valence-corrected chi connectivity index (χ0v) is 11.6. The molecule has 0 aromatic heterocycles. The van der Waals surface area contributed by atoms with Crippen molar-refractivity contribution in [2.75, 3.05) is 7.11 Å². The van der Waals surface area contributed by atoms with Gasteiger partial charge >= 0.3 is 11.7 Å². The minimum absolute atomic E-state index is 0.188. The first-order valence-corrected chi connectivity index (χ1v) is 6.25. The van der Waals surface area contributed by atoms with Gasteiger partial charge in [-0.3, -0.25) is 10.1 Å². The van der Waals surface area contributed by atoms with Gasteiger partial charge in [0.05, 0.1) is 17.1 Å². The molecule has 0 fully saturated rings. The molecule has 0 heterocycles. The Morgan fingerprint density at radius 2 is 2.05 bits per heavy atom. The molecule has 22 heavy (non-hydrogen) atoms. The fraction of sp³-hybridized carbons (Fsp3) is 0.133. The second-order valence-corrected chi connectivity index (χ2v) is 4.39. The zero-order valence-electron chi connectivity index (χ0n) is 11.6. The smallest absolute Gasteiger partial charge is 0.343 e. The Bertz CT molecular complexity index is 717. The number of halogens is 1. The Labute approximate surface area is 125 Å². The summed E-state index contributed by atoms with van der Waals surface area (Å²) in [7, 11) is 1.51. The van der Waals surface area contributed by atoms with Gasteiger partial charge < -0.3 is 9.47 Å². The average molecular weight is 305 g/mol. The molecular formula is C15H12FNO5. The summed E-state index contributed by atoms with van der Waals surface area (Å²) in [5.41, 5.74) is 0.446. The highest BCUT2D eigenvalue weighted by Gasteiger charge is 2.20. The van der Waals surface area contributed by atoms with Gasteiger partial charge in [0, 0.05) is 19.2 Å². The van der Waals surface area contributed by atoms with Gasteiger partial charge in [0.2, 0.25) is 5.75 Å². The normalized spacial score (nSPS) is 10.3. The maximum absolute atomic E-state index is 13.2. The minimum Gasteiger partial charge on any atom is -0.415 e. The van der Waals surface area contributed by atoms with Crippen LogP contribution in [0.2, 0.25) is 0 Å². The van der Waals surface area contributed by atoms with Crippen LogP contribution in [0.5, 0.6) is 5.75 Å². The van der Waals surface area contributed by atoms with E-state index >= 15 is 0 Å². The molecule has 0 spiro atoms. The van der Waals surface area contributed by atoms with E-state index in [9.17, 15) is 19.3 Å². The van der Waals surface area contributed by atoms with E-state index in [1.165, 1.54) is 19.2 Å². The van der Waals surface area contributed by atoms with Gasteiger partial charge in [-0.25, -0.2) is 9.18 Å². The molecule has 0 radical (unpaired) electrons. The van der Waals surface area contributed by atoms with E-state index < -0.39 is 28.1 Å². The standard InChI is InChI=1S/C15H12FNO5/c1-21-9-10-3-2-4-11(7-10)15(18)22-14-8-12(16)5-6-13(14)17(19)20/h2-8H,9H2,1H3. The van der Waals surface area contributed by atoms with Crippen LogP contribution in [0.3, 0.4) is 0 Å². The van der Waals surface area contributed by atoms with Crippen LogP contribution in [0.1, 0.15) is 15.9 Å². The Balaban J connectivity index is 2.27. The van der Waals surface area contributed by atoms with Crippen molar-refractivity contribution in [2.45, 2.75) is 6.61 Å². The number of ether oxygens (including phenoxy) is 2. The van der Waals surface area contributed by atoms with Crippen molar-refractivity contribution in [2.24, 2.45) is 0 Å².